The molecular formula is C13H14ClN3O2. The monoisotopic (exact) mass is 279 g/mol. The van der Waals surface area contributed by atoms with Gasteiger partial charge in [-0.25, -0.2) is 0 Å². The average Bonchev–Trinajstić information content (AvgIpc) is 3.08. The Bertz CT molecular complexity index is 532. The fraction of sp³-hybridized carbons (Fsp3) is 0.385. The van der Waals surface area contributed by atoms with E-state index >= 15 is 0 Å². The van der Waals surface area contributed by atoms with E-state index in [4.69, 9.17) is 20.8 Å². The lowest BCUT2D eigenvalue weighted by Crippen LogP contribution is -2.07. The zero-order valence-corrected chi connectivity index (χ0v) is 11.0. The molecule has 0 saturated carbocycles. The van der Waals surface area contributed by atoms with Gasteiger partial charge in [0.1, 0.15) is 6.10 Å². The lowest BCUT2D eigenvalue weighted by Gasteiger charge is -2.07. The van der Waals surface area contributed by atoms with Crippen LogP contribution in [-0.2, 0) is 4.74 Å². The van der Waals surface area contributed by atoms with Gasteiger partial charge in [-0.1, -0.05) is 23.3 Å². The van der Waals surface area contributed by atoms with E-state index in [9.17, 15) is 0 Å². The number of aromatic nitrogens is 2. The number of halogens is 1. The first kappa shape index (κ1) is 12.4. The normalized spacial score (nSPS) is 22.6. The first-order valence-corrected chi connectivity index (χ1v) is 6.75. The van der Waals surface area contributed by atoms with E-state index < -0.39 is 0 Å². The predicted molar refractivity (Wildman–Crippen MR) is 71.6 cm³/mol. The van der Waals surface area contributed by atoms with E-state index in [0.29, 0.717) is 17.8 Å². The second kappa shape index (κ2) is 5.59. The van der Waals surface area contributed by atoms with E-state index in [1.165, 1.54) is 0 Å². The third-order valence-electron chi connectivity index (χ3n) is 3.02. The topological polar surface area (TPSA) is 60.2 Å². The van der Waals surface area contributed by atoms with Gasteiger partial charge >= 0.3 is 6.01 Å². The molecule has 2 aromatic rings. The number of benzene rings is 1. The van der Waals surface area contributed by atoms with Crippen LogP contribution in [0.15, 0.2) is 34.7 Å². The van der Waals surface area contributed by atoms with Crippen molar-refractivity contribution in [3.8, 4) is 0 Å². The average molecular weight is 280 g/mol. The van der Waals surface area contributed by atoms with Gasteiger partial charge in [0, 0.05) is 11.6 Å². The highest BCUT2D eigenvalue weighted by Crippen LogP contribution is 2.33. The highest BCUT2D eigenvalue weighted by Gasteiger charge is 2.29. The van der Waals surface area contributed by atoms with Crippen LogP contribution in [0, 0.1) is 0 Å². The molecule has 3 rings (SSSR count). The molecule has 100 valence electrons. The molecule has 1 fully saturated rings. The summed E-state index contributed by atoms with van der Waals surface area (Å²) in [6.07, 6.45) is 1.74. The van der Waals surface area contributed by atoms with Crippen LogP contribution in [-0.4, -0.2) is 22.2 Å². The van der Waals surface area contributed by atoms with Gasteiger partial charge in [0.05, 0.1) is 6.10 Å². The highest BCUT2D eigenvalue weighted by molar-refractivity contribution is 6.18. The van der Waals surface area contributed by atoms with Crippen molar-refractivity contribution < 1.29 is 9.15 Å². The molecule has 2 unspecified atom stereocenters. The highest BCUT2D eigenvalue weighted by atomic mass is 35.5. The summed E-state index contributed by atoms with van der Waals surface area (Å²) in [4.78, 5) is 0. The van der Waals surface area contributed by atoms with Gasteiger partial charge in [0.15, 0.2) is 0 Å². The summed E-state index contributed by atoms with van der Waals surface area (Å²) in [6.45, 7) is 0. The maximum Gasteiger partial charge on any atom is 0.320 e. The number of para-hydroxylation sites is 1. The Kier molecular flexibility index (Phi) is 3.66. The van der Waals surface area contributed by atoms with Crippen molar-refractivity contribution in [3.63, 3.8) is 0 Å². The van der Waals surface area contributed by atoms with Crippen molar-refractivity contribution in [2.24, 2.45) is 0 Å². The molecule has 5 nitrogen and oxygen atoms in total. The van der Waals surface area contributed by atoms with Gasteiger partial charge in [-0.3, -0.25) is 0 Å². The third kappa shape index (κ3) is 2.88. The number of hydrogen-bond donors (Lipinski definition) is 1. The van der Waals surface area contributed by atoms with Crippen LogP contribution in [0.5, 0.6) is 0 Å². The van der Waals surface area contributed by atoms with E-state index in [2.05, 4.69) is 15.5 Å². The molecule has 1 aliphatic heterocycles. The molecular weight excluding hydrogens is 266 g/mol. The minimum atomic E-state index is -0.137. The van der Waals surface area contributed by atoms with Gasteiger partial charge in [0.25, 0.3) is 0 Å². The molecule has 19 heavy (non-hydrogen) atoms. The van der Waals surface area contributed by atoms with Crippen LogP contribution >= 0.6 is 11.6 Å². The fourth-order valence-corrected chi connectivity index (χ4v) is 2.29. The summed E-state index contributed by atoms with van der Waals surface area (Å²) >= 11 is 5.77. The van der Waals surface area contributed by atoms with Crippen molar-refractivity contribution in [2.75, 3.05) is 11.2 Å². The van der Waals surface area contributed by atoms with Gasteiger partial charge < -0.3 is 14.5 Å². The Morgan fingerprint density at radius 2 is 2.05 bits per heavy atom. The van der Waals surface area contributed by atoms with E-state index in [-0.39, 0.29) is 12.2 Å². The Balaban J connectivity index is 1.67. The smallest absolute Gasteiger partial charge is 0.320 e. The summed E-state index contributed by atoms with van der Waals surface area (Å²) in [5.74, 6) is 1.01. The van der Waals surface area contributed by atoms with Crippen molar-refractivity contribution in [1.29, 1.82) is 0 Å². The molecule has 0 spiro atoms. The Labute approximate surface area is 115 Å². The van der Waals surface area contributed by atoms with Crippen molar-refractivity contribution in [1.82, 2.24) is 10.2 Å². The van der Waals surface area contributed by atoms with Gasteiger partial charge in [-0.2, -0.15) is 0 Å². The van der Waals surface area contributed by atoms with Gasteiger partial charge in [0.2, 0.25) is 5.89 Å². The third-order valence-corrected chi connectivity index (χ3v) is 3.36. The maximum atomic E-state index is 5.77. The molecule has 2 heterocycles. The summed E-state index contributed by atoms with van der Waals surface area (Å²) in [7, 11) is 0. The number of rotatable bonds is 4. The second-order valence-corrected chi connectivity index (χ2v) is 4.72. The van der Waals surface area contributed by atoms with Crippen LogP contribution in [0.2, 0.25) is 0 Å². The number of hydrogen-bond acceptors (Lipinski definition) is 5. The maximum absolute atomic E-state index is 5.77. The molecule has 0 amide bonds. The molecule has 0 bridgehead atoms. The summed E-state index contributed by atoms with van der Waals surface area (Å²) in [6, 6.07) is 10.1. The van der Waals surface area contributed by atoms with Crippen molar-refractivity contribution >= 4 is 23.3 Å². The fourth-order valence-electron chi connectivity index (χ4n) is 2.06. The molecule has 1 N–H and O–H groups in total. The standard InChI is InChI=1S/C13H14ClN3O2/c14-8-10-6-7-11(18-10)12-16-17-13(19-12)15-9-4-2-1-3-5-9/h1-5,10-11H,6-8H2,(H,15,17). The number of anilines is 2. The van der Waals surface area contributed by atoms with Crippen LogP contribution in [0.3, 0.4) is 0 Å². The molecule has 1 aromatic carbocycles. The van der Waals surface area contributed by atoms with Crippen LogP contribution < -0.4 is 5.32 Å². The molecule has 0 radical (unpaired) electrons. The van der Waals surface area contributed by atoms with E-state index in [1.807, 2.05) is 30.3 Å². The number of nitrogens with one attached hydrogen (secondary N) is 1. The van der Waals surface area contributed by atoms with E-state index in [0.717, 1.165) is 18.5 Å². The molecule has 2 atom stereocenters. The summed E-state index contributed by atoms with van der Waals surface area (Å²) in [5.41, 5.74) is 0.906. The van der Waals surface area contributed by atoms with Crippen molar-refractivity contribution in [2.45, 2.75) is 25.0 Å². The van der Waals surface area contributed by atoms with Crippen LogP contribution in [0.1, 0.15) is 24.8 Å². The first-order chi connectivity index (χ1) is 9.35. The lowest BCUT2D eigenvalue weighted by atomic mass is 10.2. The summed E-state index contributed by atoms with van der Waals surface area (Å²) < 4.78 is 11.3. The number of alkyl halides is 1. The predicted octanol–water partition coefficient (Wildman–Crippen LogP) is 3.27. The number of ether oxygens (including phenoxy) is 1. The molecule has 1 aromatic heterocycles. The van der Waals surface area contributed by atoms with E-state index in [1.54, 1.807) is 0 Å². The quantitative estimate of drug-likeness (QED) is 0.871. The molecule has 0 aliphatic carbocycles. The molecule has 1 saturated heterocycles. The Morgan fingerprint density at radius 3 is 2.79 bits per heavy atom. The summed E-state index contributed by atoms with van der Waals surface area (Å²) in [5, 5.41) is 11.0. The minimum absolute atomic E-state index is 0.0871. The zero-order valence-electron chi connectivity index (χ0n) is 10.3. The zero-order chi connectivity index (χ0) is 13.1. The lowest BCUT2D eigenvalue weighted by molar-refractivity contribution is 0.0412. The Morgan fingerprint density at radius 1 is 1.21 bits per heavy atom. The van der Waals surface area contributed by atoms with Gasteiger partial charge in [-0.15, -0.1) is 16.7 Å². The second-order valence-electron chi connectivity index (χ2n) is 4.41. The first-order valence-electron chi connectivity index (χ1n) is 6.22. The minimum Gasteiger partial charge on any atom is -0.405 e. The number of nitrogens with zero attached hydrogens (tertiary/aromatic N) is 2. The van der Waals surface area contributed by atoms with Crippen molar-refractivity contribution in [3.05, 3.63) is 36.2 Å². The van der Waals surface area contributed by atoms with Crippen LogP contribution in [0.4, 0.5) is 11.7 Å². The molecule has 1 aliphatic rings. The Hall–Kier alpha value is -1.59. The van der Waals surface area contributed by atoms with Crippen LogP contribution in [0.25, 0.3) is 0 Å². The SMILES string of the molecule is ClCC1CCC(c2nnc(Nc3ccccc3)o2)O1. The largest absolute Gasteiger partial charge is 0.405 e. The molecule has 6 heteroatoms. The van der Waals surface area contributed by atoms with Gasteiger partial charge in [-0.05, 0) is 25.0 Å².